The number of aromatic nitrogens is 2. The largest absolute Gasteiger partial charge is 0.391 e. The fourth-order valence-corrected chi connectivity index (χ4v) is 3.46. The summed E-state index contributed by atoms with van der Waals surface area (Å²) < 4.78 is 14.8. The molecule has 0 unspecified atom stereocenters. The summed E-state index contributed by atoms with van der Waals surface area (Å²) in [4.78, 5) is 14.5. The number of hydrogen-bond acceptors (Lipinski definition) is 3. The van der Waals surface area contributed by atoms with Crippen LogP contribution in [-0.4, -0.2) is 38.3 Å². The average Bonchev–Trinajstić information content (AvgIpc) is 3.20. The molecule has 0 radical (unpaired) electrons. The molecule has 0 bridgehead atoms. The fraction of sp³-hybridized carbons (Fsp3) is 0.263. The molecule has 0 aliphatic carbocycles. The first-order valence-electron chi connectivity index (χ1n) is 8.25. The smallest absolute Gasteiger partial charge is 0.244 e. The molecule has 2 aromatic carbocycles. The van der Waals surface area contributed by atoms with Gasteiger partial charge in [-0.1, -0.05) is 30.3 Å². The Hall–Kier alpha value is -2.73. The average molecular weight is 339 g/mol. The third kappa shape index (κ3) is 3.00. The molecule has 5 nitrogen and oxygen atoms in total. The van der Waals surface area contributed by atoms with E-state index in [0.717, 1.165) is 16.5 Å². The molecule has 25 heavy (non-hydrogen) atoms. The van der Waals surface area contributed by atoms with Crippen molar-refractivity contribution in [1.82, 2.24) is 14.7 Å². The molecule has 128 valence electrons. The fourth-order valence-electron chi connectivity index (χ4n) is 3.46. The normalized spacial score (nSPS) is 20.3. The van der Waals surface area contributed by atoms with Crippen molar-refractivity contribution in [3.8, 4) is 0 Å². The molecule has 2 heterocycles. The molecule has 2 atom stereocenters. The van der Waals surface area contributed by atoms with Gasteiger partial charge in [-0.2, -0.15) is 5.10 Å². The van der Waals surface area contributed by atoms with Gasteiger partial charge in [0.2, 0.25) is 5.91 Å². The number of aliphatic hydroxyl groups excluding tert-OH is 1. The van der Waals surface area contributed by atoms with Crippen LogP contribution in [0.2, 0.25) is 0 Å². The van der Waals surface area contributed by atoms with Gasteiger partial charge in [0, 0.05) is 11.9 Å². The van der Waals surface area contributed by atoms with Crippen molar-refractivity contribution in [2.24, 2.45) is 0 Å². The lowest BCUT2D eigenvalue weighted by atomic mass is 10.0. The Morgan fingerprint density at radius 2 is 1.96 bits per heavy atom. The van der Waals surface area contributed by atoms with Crippen molar-refractivity contribution >= 4 is 16.8 Å². The zero-order valence-corrected chi connectivity index (χ0v) is 13.5. The maximum absolute atomic E-state index is 13.2. The van der Waals surface area contributed by atoms with Crippen molar-refractivity contribution < 1.29 is 14.3 Å². The van der Waals surface area contributed by atoms with Crippen LogP contribution in [0.5, 0.6) is 0 Å². The van der Waals surface area contributed by atoms with Gasteiger partial charge in [0.15, 0.2) is 0 Å². The lowest BCUT2D eigenvalue weighted by Crippen LogP contribution is -2.34. The second-order valence-electron chi connectivity index (χ2n) is 6.36. The first kappa shape index (κ1) is 15.8. The molecule has 0 saturated carbocycles. The van der Waals surface area contributed by atoms with Crippen LogP contribution in [0.25, 0.3) is 10.9 Å². The monoisotopic (exact) mass is 339 g/mol. The number of nitrogens with zero attached hydrogens (tertiary/aromatic N) is 3. The van der Waals surface area contributed by atoms with Gasteiger partial charge in [-0.25, -0.2) is 4.39 Å². The number of β-amino-alcohol motifs (C(OH)–C–C–N with tert-alkyl or cyclic N) is 1. The molecule has 1 fully saturated rings. The van der Waals surface area contributed by atoms with E-state index < -0.39 is 6.10 Å². The van der Waals surface area contributed by atoms with Gasteiger partial charge in [-0.3, -0.25) is 9.48 Å². The summed E-state index contributed by atoms with van der Waals surface area (Å²) in [7, 11) is 0. The molecule has 1 aliphatic rings. The number of aliphatic hydroxyl groups is 1. The summed E-state index contributed by atoms with van der Waals surface area (Å²) in [6.45, 7) is 0.387. The van der Waals surface area contributed by atoms with Crippen LogP contribution in [0.3, 0.4) is 0 Å². The highest BCUT2D eigenvalue weighted by molar-refractivity contribution is 5.82. The molecule has 1 saturated heterocycles. The second-order valence-corrected chi connectivity index (χ2v) is 6.36. The molecule has 3 aromatic rings. The van der Waals surface area contributed by atoms with Crippen molar-refractivity contribution in [3.05, 3.63) is 66.1 Å². The van der Waals surface area contributed by atoms with Gasteiger partial charge >= 0.3 is 0 Å². The number of carbonyl (C=O) groups is 1. The van der Waals surface area contributed by atoms with Crippen LogP contribution >= 0.6 is 0 Å². The SMILES string of the molecule is O=C(Cn1ncc2ccccc21)N1C[C@H](O)C[C@@H]1c1ccc(F)cc1. The lowest BCUT2D eigenvalue weighted by molar-refractivity contribution is -0.133. The van der Waals surface area contributed by atoms with E-state index in [0.29, 0.717) is 6.42 Å². The van der Waals surface area contributed by atoms with Crippen LogP contribution in [0, 0.1) is 5.82 Å². The third-order valence-corrected chi connectivity index (χ3v) is 4.69. The van der Waals surface area contributed by atoms with Gasteiger partial charge in [0.25, 0.3) is 0 Å². The van der Waals surface area contributed by atoms with E-state index in [2.05, 4.69) is 5.10 Å². The maximum Gasteiger partial charge on any atom is 0.244 e. The van der Waals surface area contributed by atoms with Crippen molar-refractivity contribution in [3.63, 3.8) is 0 Å². The number of para-hydroxylation sites is 1. The van der Waals surface area contributed by atoms with E-state index in [-0.39, 0.29) is 30.9 Å². The molecule has 6 heteroatoms. The molecule has 0 spiro atoms. The van der Waals surface area contributed by atoms with Gasteiger partial charge in [0.1, 0.15) is 12.4 Å². The highest BCUT2D eigenvalue weighted by Crippen LogP contribution is 2.32. The van der Waals surface area contributed by atoms with E-state index in [9.17, 15) is 14.3 Å². The van der Waals surface area contributed by atoms with Gasteiger partial charge in [-0.05, 0) is 30.2 Å². The molecule has 1 N–H and O–H groups in total. The lowest BCUT2D eigenvalue weighted by Gasteiger charge is -2.25. The third-order valence-electron chi connectivity index (χ3n) is 4.69. The van der Waals surface area contributed by atoms with Crippen LogP contribution < -0.4 is 0 Å². The van der Waals surface area contributed by atoms with E-state index in [1.165, 1.54) is 12.1 Å². The number of benzene rings is 2. The molecule has 1 amide bonds. The highest BCUT2D eigenvalue weighted by Gasteiger charge is 2.35. The summed E-state index contributed by atoms with van der Waals surface area (Å²) in [5.74, 6) is -0.428. The number of likely N-dealkylation sites (tertiary alicyclic amines) is 1. The Morgan fingerprint density at radius 3 is 2.76 bits per heavy atom. The first-order valence-corrected chi connectivity index (χ1v) is 8.25. The summed E-state index contributed by atoms with van der Waals surface area (Å²) in [6, 6.07) is 13.6. The Morgan fingerprint density at radius 1 is 1.20 bits per heavy atom. The molecular formula is C19H18FN3O2. The van der Waals surface area contributed by atoms with Gasteiger partial charge < -0.3 is 10.0 Å². The molecular weight excluding hydrogens is 321 g/mol. The van der Waals surface area contributed by atoms with Crippen LogP contribution in [0.1, 0.15) is 18.0 Å². The van der Waals surface area contributed by atoms with Crippen molar-refractivity contribution in [2.75, 3.05) is 6.54 Å². The molecule has 4 rings (SSSR count). The number of hydrogen-bond donors (Lipinski definition) is 1. The van der Waals surface area contributed by atoms with Crippen molar-refractivity contribution in [1.29, 1.82) is 0 Å². The summed E-state index contributed by atoms with van der Waals surface area (Å²) >= 11 is 0. The van der Waals surface area contributed by atoms with Crippen LogP contribution in [-0.2, 0) is 11.3 Å². The number of amides is 1. The van der Waals surface area contributed by atoms with Crippen molar-refractivity contribution in [2.45, 2.75) is 25.1 Å². The quantitative estimate of drug-likeness (QED) is 0.798. The molecule has 1 aromatic heterocycles. The predicted octanol–water partition coefficient (Wildman–Crippen LogP) is 2.51. The van der Waals surface area contributed by atoms with E-state index in [1.807, 2.05) is 24.3 Å². The van der Waals surface area contributed by atoms with Crippen LogP contribution in [0.4, 0.5) is 4.39 Å². The Bertz CT molecular complexity index is 906. The number of rotatable bonds is 3. The second kappa shape index (κ2) is 6.29. The number of halogens is 1. The van der Waals surface area contributed by atoms with Gasteiger partial charge in [-0.15, -0.1) is 0 Å². The van der Waals surface area contributed by atoms with E-state index in [1.54, 1.807) is 27.9 Å². The standard InChI is InChI=1S/C19H18FN3O2/c20-15-7-5-13(6-8-15)18-9-16(24)11-22(18)19(25)12-23-17-4-2-1-3-14(17)10-21-23/h1-8,10,16,18,24H,9,11-12H2/t16-,18-/m1/s1. The first-order chi connectivity index (χ1) is 12.1. The minimum absolute atomic E-state index is 0.109. The number of fused-ring (bicyclic) bond motifs is 1. The Labute approximate surface area is 144 Å². The zero-order valence-electron chi connectivity index (χ0n) is 13.5. The Kier molecular flexibility index (Phi) is 3.97. The number of carbonyl (C=O) groups excluding carboxylic acids is 1. The molecule has 1 aliphatic heterocycles. The van der Waals surface area contributed by atoms with E-state index in [4.69, 9.17) is 0 Å². The summed E-state index contributed by atoms with van der Waals surface area (Å²) in [5.41, 5.74) is 1.73. The van der Waals surface area contributed by atoms with Gasteiger partial charge in [0.05, 0.1) is 23.9 Å². The predicted molar refractivity (Wildman–Crippen MR) is 91.2 cm³/mol. The topological polar surface area (TPSA) is 58.4 Å². The Balaban J connectivity index is 1.58. The summed E-state index contributed by atoms with van der Waals surface area (Å²) in [5, 5.41) is 15.3. The minimum atomic E-state index is -0.576. The maximum atomic E-state index is 13.2. The summed E-state index contributed by atoms with van der Waals surface area (Å²) in [6.07, 6.45) is 1.62. The van der Waals surface area contributed by atoms with Crippen LogP contribution in [0.15, 0.2) is 54.7 Å². The zero-order chi connectivity index (χ0) is 17.4. The minimum Gasteiger partial charge on any atom is -0.391 e. The highest BCUT2D eigenvalue weighted by atomic mass is 19.1. The van der Waals surface area contributed by atoms with E-state index >= 15 is 0 Å².